The highest BCUT2D eigenvalue weighted by Gasteiger charge is 2.42. The molecule has 2 heteroatoms. The molecule has 17 heavy (non-hydrogen) atoms. The fraction of sp³-hybridized carbons (Fsp3) is 0.267. The summed E-state index contributed by atoms with van der Waals surface area (Å²) in [5.74, 6) is -0.411. The first-order valence-electron chi connectivity index (χ1n) is 5.94. The molecule has 3 rings (SSSR count). The van der Waals surface area contributed by atoms with Gasteiger partial charge in [0.15, 0.2) is 0 Å². The Hall–Kier alpha value is -1.83. The highest BCUT2D eigenvalue weighted by atomic mass is 16.4. The number of carboxylic acids is 1. The minimum absolute atomic E-state index is 0.110. The number of carboxylic acid groups (broad SMARTS) is 1. The number of hydrogen-bond acceptors (Lipinski definition) is 1. The van der Waals surface area contributed by atoms with E-state index in [2.05, 4.69) is 30.3 Å². The predicted molar refractivity (Wildman–Crippen MR) is 66.9 cm³/mol. The van der Waals surface area contributed by atoms with Crippen LogP contribution in [-0.4, -0.2) is 11.1 Å². The Labute approximate surface area is 99.9 Å². The normalized spacial score (nSPS) is 22.6. The van der Waals surface area contributed by atoms with Crippen LogP contribution in [0.4, 0.5) is 0 Å². The van der Waals surface area contributed by atoms with Crippen LogP contribution in [0.15, 0.2) is 42.5 Å². The molecule has 2 aromatic rings. The van der Waals surface area contributed by atoms with Crippen molar-refractivity contribution in [1.82, 2.24) is 0 Å². The summed E-state index contributed by atoms with van der Waals surface area (Å²) in [5.41, 5.74) is 1.25. The van der Waals surface area contributed by atoms with E-state index < -0.39 is 5.97 Å². The molecule has 0 radical (unpaired) electrons. The number of aliphatic carboxylic acids is 1. The van der Waals surface area contributed by atoms with E-state index >= 15 is 0 Å². The molecule has 1 aliphatic rings. The summed E-state index contributed by atoms with van der Waals surface area (Å²) >= 11 is 0. The van der Waals surface area contributed by atoms with Gasteiger partial charge < -0.3 is 5.11 Å². The third kappa shape index (κ3) is 2.03. The minimum Gasteiger partial charge on any atom is -0.481 e. The van der Waals surface area contributed by atoms with Crippen molar-refractivity contribution in [3.8, 4) is 0 Å². The van der Waals surface area contributed by atoms with Gasteiger partial charge in [-0.05, 0) is 35.1 Å². The first kappa shape index (κ1) is 10.3. The molecule has 1 aliphatic carbocycles. The zero-order valence-electron chi connectivity index (χ0n) is 9.47. The van der Waals surface area contributed by atoms with Crippen molar-refractivity contribution in [1.29, 1.82) is 0 Å². The molecule has 86 valence electrons. The van der Waals surface area contributed by atoms with Gasteiger partial charge in [-0.3, -0.25) is 4.79 Å². The van der Waals surface area contributed by atoms with Crippen LogP contribution in [0.3, 0.4) is 0 Å². The lowest BCUT2D eigenvalue weighted by molar-refractivity contribution is -0.138. The van der Waals surface area contributed by atoms with E-state index in [4.69, 9.17) is 5.11 Å². The quantitative estimate of drug-likeness (QED) is 0.873. The Kier molecular flexibility index (Phi) is 2.36. The van der Waals surface area contributed by atoms with E-state index in [0.29, 0.717) is 5.92 Å². The molecule has 1 saturated carbocycles. The molecule has 0 aliphatic heterocycles. The van der Waals surface area contributed by atoms with Crippen LogP contribution in [0, 0.1) is 11.8 Å². The van der Waals surface area contributed by atoms with Crippen molar-refractivity contribution in [3.05, 3.63) is 48.0 Å². The standard InChI is InChI=1S/C15H14O2/c16-15(17)14-9-13(14)8-10-5-6-11-3-1-2-4-12(11)7-10/h1-7,13-14H,8-9H2,(H,16,17). The Bertz CT molecular complexity index is 574. The molecule has 0 amide bonds. The van der Waals surface area contributed by atoms with Gasteiger partial charge in [-0.2, -0.15) is 0 Å². The highest BCUT2D eigenvalue weighted by Crippen LogP contribution is 2.41. The topological polar surface area (TPSA) is 37.3 Å². The Balaban J connectivity index is 1.80. The molecule has 2 atom stereocenters. The minimum atomic E-state index is -0.643. The lowest BCUT2D eigenvalue weighted by atomic mass is 10.0. The average Bonchev–Trinajstić information content (AvgIpc) is 3.08. The summed E-state index contributed by atoms with van der Waals surface area (Å²) in [7, 11) is 0. The zero-order chi connectivity index (χ0) is 11.8. The monoisotopic (exact) mass is 226 g/mol. The maximum atomic E-state index is 10.8. The molecular weight excluding hydrogens is 212 g/mol. The third-order valence-electron chi connectivity index (χ3n) is 3.55. The largest absolute Gasteiger partial charge is 0.481 e. The van der Waals surface area contributed by atoms with Crippen molar-refractivity contribution < 1.29 is 9.90 Å². The molecule has 0 bridgehead atoms. The summed E-state index contributed by atoms with van der Waals surface area (Å²) < 4.78 is 0. The summed E-state index contributed by atoms with van der Waals surface area (Å²) in [4.78, 5) is 10.8. The molecule has 2 nitrogen and oxygen atoms in total. The average molecular weight is 226 g/mol. The van der Waals surface area contributed by atoms with E-state index in [9.17, 15) is 4.79 Å². The van der Waals surface area contributed by atoms with Crippen molar-refractivity contribution in [2.45, 2.75) is 12.8 Å². The fourth-order valence-electron chi connectivity index (χ4n) is 2.44. The second-order valence-corrected chi connectivity index (χ2v) is 4.83. The Morgan fingerprint density at radius 2 is 1.94 bits per heavy atom. The van der Waals surface area contributed by atoms with Crippen LogP contribution in [0.1, 0.15) is 12.0 Å². The van der Waals surface area contributed by atoms with Gasteiger partial charge in [-0.1, -0.05) is 42.5 Å². The second-order valence-electron chi connectivity index (χ2n) is 4.83. The van der Waals surface area contributed by atoms with Crippen LogP contribution >= 0.6 is 0 Å². The van der Waals surface area contributed by atoms with Crippen LogP contribution < -0.4 is 0 Å². The first-order chi connectivity index (χ1) is 8.24. The maximum Gasteiger partial charge on any atom is 0.306 e. The number of fused-ring (bicyclic) bond motifs is 1. The van der Waals surface area contributed by atoms with E-state index in [1.165, 1.54) is 16.3 Å². The number of rotatable bonds is 3. The van der Waals surface area contributed by atoms with Gasteiger partial charge in [0.1, 0.15) is 0 Å². The lowest BCUT2D eigenvalue weighted by Crippen LogP contribution is -2.01. The molecule has 1 N–H and O–H groups in total. The molecular formula is C15H14O2. The lowest BCUT2D eigenvalue weighted by Gasteiger charge is -2.02. The number of hydrogen-bond donors (Lipinski definition) is 1. The Morgan fingerprint density at radius 3 is 2.65 bits per heavy atom. The number of carbonyl (C=O) groups is 1. The molecule has 0 heterocycles. The van der Waals surface area contributed by atoms with E-state index in [0.717, 1.165) is 12.8 Å². The Morgan fingerprint density at radius 1 is 1.18 bits per heavy atom. The zero-order valence-corrected chi connectivity index (χ0v) is 9.47. The fourth-order valence-corrected chi connectivity index (χ4v) is 2.44. The summed E-state index contributed by atoms with van der Waals surface area (Å²) in [6.07, 6.45) is 1.73. The molecule has 1 fully saturated rings. The summed E-state index contributed by atoms with van der Waals surface area (Å²) in [6, 6.07) is 14.7. The van der Waals surface area contributed by atoms with Crippen LogP contribution in [0.25, 0.3) is 10.8 Å². The second kappa shape index (κ2) is 3.88. The van der Waals surface area contributed by atoms with Crippen molar-refractivity contribution in [2.75, 3.05) is 0 Å². The van der Waals surface area contributed by atoms with Crippen LogP contribution in [0.2, 0.25) is 0 Å². The third-order valence-corrected chi connectivity index (χ3v) is 3.55. The van der Waals surface area contributed by atoms with Gasteiger partial charge in [0, 0.05) is 0 Å². The van der Waals surface area contributed by atoms with Crippen LogP contribution in [0.5, 0.6) is 0 Å². The molecule has 2 aromatic carbocycles. The molecule has 0 aromatic heterocycles. The highest BCUT2D eigenvalue weighted by molar-refractivity contribution is 5.83. The van der Waals surface area contributed by atoms with Crippen molar-refractivity contribution in [3.63, 3.8) is 0 Å². The SMILES string of the molecule is O=C(O)C1CC1Cc1ccc2ccccc2c1. The maximum absolute atomic E-state index is 10.8. The van der Waals surface area contributed by atoms with Crippen molar-refractivity contribution >= 4 is 16.7 Å². The van der Waals surface area contributed by atoms with E-state index in [-0.39, 0.29) is 5.92 Å². The van der Waals surface area contributed by atoms with Gasteiger partial charge in [-0.15, -0.1) is 0 Å². The van der Waals surface area contributed by atoms with E-state index in [1.54, 1.807) is 0 Å². The number of benzene rings is 2. The summed E-state index contributed by atoms with van der Waals surface area (Å²) in [6.45, 7) is 0. The van der Waals surface area contributed by atoms with Gasteiger partial charge in [-0.25, -0.2) is 0 Å². The summed E-state index contributed by atoms with van der Waals surface area (Å²) in [5, 5.41) is 11.3. The van der Waals surface area contributed by atoms with Crippen molar-refractivity contribution in [2.24, 2.45) is 11.8 Å². The van der Waals surface area contributed by atoms with E-state index in [1.807, 2.05) is 12.1 Å². The van der Waals surface area contributed by atoms with Gasteiger partial charge in [0.25, 0.3) is 0 Å². The van der Waals surface area contributed by atoms with Crippen LogP contribution in [-0.2, 0) is 11.2 Å². The first-order valence-corrected chi connectivity index (χ1v) is 5.94. The predicted octanol–water partition coefficient (Wildman–Crippen LogP) is 3.10. The molecule has 0 saturated heterocycles. The van der Waals surface area contributed by atoms with Gasteiger partial charge >= 0.3 is 5.97 Å². The molecule has 0 spiro atoms. The molecule has 2 unspecified atom stereocenters. The smallest absolute Gasteiger partial charge is 0.306 e. The van der Waals surface area contributed by atoms with Gasteiger partial charge in [0.2, 0.25) is 0 Å². The van der Waals surface area contributed by atoms with Gasteiger partial charge in [0.05, 0.1) is 5.92 Å².